The minimum Gasteiger partial charge on any atom is -0.342 e. The van der Waals surface area contributed by atoms with Crippen molar-refractivity contribution in [2.45, 2.75) is 39.3 Å². The molecule has 2 unspecified atom stereocenters. The van der Waals surface area contributed by atoms with Crippen LogP contribution in [0.3, 0.4) is 0 Å². The molecule has 1 fully saturated rings. The summed E-state index contributed by atoms with van der Waals surface area (Å²) in [6, 6.07) is 3.84. The van der Waals surface area contributed by atoms with Gasteiger partial charge < -0.3 is 5.32 Å². The van der Waals surface area contributed by atoms with Gasteiger partial charge in [-0.25, -0.2) is 0 Å². The van der Waals surface area contributed by atoms with Crippen LogP contribution in [0.2, 0.25) is 10.0 Å². The molecule has 0 radical (unpaired) electrons. The summed E-state index contributed by atoms with van der Waals surface area (Å²) in [6.07, 6.45) is 0.515. The average Bonchev–Trinajstić information content (AvgIpc) is 2.41. The molecule has 1 aromatic rings. The van der Waals surface area contributed by atoms with Crippen LogP contribution < -0.4 is 10.2 Å². The maximum absolute atomic E-state index is 12.7. The first-order valence-electron chi connectivity index (χ1n) is 6.95. The number of rotatable bonds is 3. The fourth-order valence-corrected chi connectivity index (χ4v) is 3.01. The average molecular weight is 329 g/mol. The van der Waals surface area contributed by atoms with Crippen molar-refractivity contribution in [3.8, 4) is 0 Å². The summed E-state index contributed by atoms with van der Waals surface area (Å²) in [6.45, 7) is 5.66. The van der Waals surface area contributed by atoms with Crippen LogP contribution in [0.4, 0.5) is 5.69 Å². The number of hydrogen-bond donors (Lipinski definition) is 1. The third-order valence-corrected chi connectivity index (χ3v) is 4.18. The highest BCUT2D eigenvalue weighted by molar-refractivity contribution is 6.37. The van der Waals surface area contributed by atoms with E-state index in [1.807, 2.05) is 20.8 Å². The SMILES string of the molecule is CCC1C(=O)NC(C(C)C)C(=O)N1c1ccc(Cl)cc1Cl. The van der Waals surface area contributed by atoms with E-state index in [1.165, 1.54) is 4.90 Å². The lowest BCUT2D eigenvalue weighted by Crippen LogP contribution is -2.65. The molecule has 4 nitrogen and oxygen atoms in total. The third kappa shape index (κ3) is 3.01. The van der Waals surface area contributed by atoms with Gasteiger partial charge in [-0.15, -0.1) is 0 Å². The maximum Gasteiger partial charge on any atom is 0.250 e. The molecular formula is C15H18Cl2N2O2. The number of carbonyl (C=O) groups excluding carboxylic acids is 2. The smallest absolute Gasteiger partial charge is 0.250 e. The predicted octanol–water partition coefficient (Wildman–Crippen LogP) is 3.26. The highest BCUT2D eigenvalue weighted by Crippen LogP contribution is 2.33. The highest BCUT2D eigenvalue weighted by atomic mass is 35.5. The van der Waals surface area contributed by atoms with Crippen molar-refractivity contribution in [2.75, 3.05) is 4.90 Å². The molecule has 21 heavy (non-hydrogen) atoms. The molecule has 2 atom stereocenters. The van der Waals surface area contributed by atoms with Crippen molar-refractivity contribution in [1.29, 1.82) is 0 Å². The maximum atomic E-state index is 12.7. The lowest BCUT2D eigenvalue weighted by Gasteiger charge is -2.40. The van der Waals surface area contributed by atoms with E-state index in [4.69, 9.17) is 23.2 Å². The molecule has 1 saturated heterocycles. The number of carbonyl (C=O) groups is 2. The van der Waals surface area contributed by atoms with Crippen molar-refractivity contribution in [3.05, 3.63) is 28.2 Å². The summed E-state index contributed by atoms with van der Waals surface area (Å²) in [5.74, 6) is -0.282. The first-order valence-corrected chi connectivity index (χ1v) is 7.71. The van der Waals surface area contributed by atoms with Crippen molar-refractivity contribution >= 4 is 40.7 Å². The number of amides is 2. The standard InChI is InChI=1S/C15H18Cl2N2O2/c1-4-11-14(20)18-13(8(2)3)15(21)19(11)12-6-5-9(16)7-10(12)17/h5-8,11,13H,4H2,1-3H3,(H,18,20). The summed E-state index contributed by atoms with van der Waals surface area (Å²) in [7, 11) is 0. The molecule has 2 rings (SSSR count). The first-order chi connectivity index (χ1) is 9.86. The normalized spacial score (nSPS) is 22.7. The predicted molar refractivity (Wildman–Crippen MR) is 84.8 cm³/mol. The number of anilines is 1. The Morgan fingerprint density at radius 2 is 1.95 bits per heavy atom. The van der Waals surface area contributed by atoms with Gasteiger partial charge in [-0.3, -0.25) is 14.5 Å². The van der Waals surface area contributed by atoms with Gasteiger partial charge in [0.05, 0.1) is 10.7 Å². The Morgan fingerprint density at radius 3 is 2.48 bits per heavy atom. The second-order valence-corrected chi connectivity index (χ2v) is 6.30. The molecule has 1 aromatic carbocycles. The molecule has 114 valence electrons. The lowest BCUT2D eigenvalue weighted by molar-refractivity contribution is -0.134. The molecule has 0 bridgehead atoms. The first kappa shape index (κ1) is 16.1. The molecule has 1 aliphatic heterocycles. The topological polar surface area (TPSA) is 49.4 Å². The van der Waals surface area contributed by atoms with Gasteiger partial charge in [0.2, 0.25) is 5.91 Å². The van der Waals surface area contributed by atoms with E-state index < -0.39 is 12.1 Å². The molecule has 0 spiro atoms. The van der Waals surface area contributed by atoms with Crippen LogP contribution in [0.25, 0.3) is 0 Å². The quantitative estimate of drug-likeness (QED) is 0.925. The summed E-state index contributed by atoms with van der Waals surface area (Å²) in [5.41, 5.74) is 0.526. The second kappa shape index (κ2) is 6.24. The fourth-order valence-electron chi connectivity index (χ4n) is 2.51. The van der Waals surface area contributed by atoms with Gasteiger partial charge in [0.1, 0.15) is 12.1 Å². The van der Waals surface area contributed by atoms with Crippen LogP contribution in [0.15, 0.2) is 18.2 Å². The minimum atomic E-state index is -0.550. The molecule has 0 aliphatic carbocycles. The van der Waals surface area contributed by atoms with Gasteiger partial charge in [-0.05, 0) is 30.5 Å². The number of hydrogen-bond acceptors (Lipinski definition) is 2. The van der Waals surface area contributed by atoms with Crippen LogP contribution in [0.1, 0.15) is 27.2 Å². The van der Waals surface area contributed by atoms with Crippen molar-refractivity contribution < 1.29 is 9.59 Å². The van der Waals surface area contributed by atoms with Gasteiger partial charge in [0.25, 0.3) is 5.91 Å². The summed E-state index contributed by atoms with van der Waals surface area (Å²) in [5, 5.41) is 3.66. The molecule has 1 aliphatic rings. The number of benzene rings is 1. The number of halogens is 2. The molecular weight excluding hydrogens is 311 g/mol. The Hall–Kier alpha value is -1.26. The van der Waals surface area contributed by atoms with Gasteiger partial charge in [-0.1, -0.05) is 44.0 Å². The molecule has 1 N–H and O–H groups in total. The van der Waals surface area contributed by atoms with Gasteiger partial charge in [0, 0.05) is 5.02 Å². The largest absolute Gasteiger partial charge is 0.342 e. The monoisotopic (exact) mass is 328 g/mol. The Morgan fingerprint density at radius 1 is 1.29 bits per heavy atom. The van der Waals surface area contributed by atoms with E-state index in [-0.39, 0.29) is 17.7 Å². The van der Waals surface area contributed by atoms with E-state index in [0.717, 1.165) is 0 Å². The Kier molecular flexibility index (Phi) is 4.79. The zero-order valence-electron chi connectivity index (χ0n) is 12.2. The number of nitrogens with zero attached hydrogens (tertiary/aromatic N) is 1. The molecule has 6 heteroatoms. The van der Waals surface area contributed by atoms with E-state index >= 15 is 0 Å². The van der Waals surface area contributed by atoms with Crippen molar-refractivity contribution in [3.63, 3.8) is 0 Å². The van der Waals surface area contributed by atoms with Crippen LogP contribution >= 0.6 is 23.2 Å². The van der Waals surface area contributed by atoms with Gasteiger partial charge in [0.15, 0.2) is 0 Å². The van der Waals surface area contributed by atoms with E-state index in [1.54, 1.807) is 18.2 Å². The highest BCUT2D eigenvalue weighted by Gasteiger charge is 2.42. The van der Waals surface area contributed by atoms with E-state index in [0.29, 0.717) is 22.2 Å². The van der Waals surface area contributed by atoms with Crippen molar-refractivity contribution in [2.24, 2.45) is 5.92 Å². The molecule has 1 heterocycles. The summed E-state index contributed by atoms with van der Waals surface area (Å²) >= 11 is 12.1. The van der Waals surface area contributed by atoms with E-state index in [9.17, 15) is 9.59 Å². The Balaban J connectivity index is 2.49. The van der Waals surface area contributed by atoms with Crippen LogP contribution in [0.5, 0.6) is 0 Å². The molecule has 0 saturated carbocycles. The Labute approximate surface area is 134 Å². The third-order valence-electron chi connectivity index (χ3n) is 3.64. The molecule has 0 aromatic heterocycles. The number of piperazine rings is 1. The lowest BCUT2D eigenvalue weighted by atomic mass is 9.96. The van der Waals surface area contributed by atoms with E-state index in [2.05, 4.69) is 5.32 Å². The fraction of sp³-hybridized carbons (Fsp3) is 0.467. The second-order valence-electron chi connectivity index (χ2n) is 5.46. The zero-order chi connectivity index (χ0) is 15.7. The van der Waals surface area contributed by atoms with Crippen LogP contribution in [-0.2, 0) is 9.59 Å². The zero-order valence-corrected chi connectivity index (χ0v) is 13.7. The summed E-state index contributed by atoms with van der Waals surface area (Å²) in [4.78, 5) is 26.5. The molecule has 2 amide bonds. The van der Waals surface area contributed by atoms with Gasteiger partial charge in [-0.2, -0.15) is 0 Å². The number of nitrogens with one attached hydrogen (secondary N) is 1. The van der Waals surface area contributed by atoms with Crippen LogP contribution in [0, 0.1) is 5.92 Å². The van der Waals surface area contributed by atoms with Crippen molar-refractivity contribution in [1.82, 2.24) is 5.32 Å². The Bertz CT molecular complexity index is 575. The van der Waals surface area contributed by atoms with Gasteiger partial charge >= 0.3 is 0 Å². The summed E-state index contributed by atoms with van der Waals surface area (Å²) < 4.78 is 0. The van der Waals surface area contributed by atoms with Crippen LogP contribution in [-0.4, -0.2) is 23.9 Å². The minimum absolute atomic E-state index is 0.00725.